The van der Waals surface area contributed by atoms with E-state index in [1.165, 1.54) is 0 Å². The second kappa shape index (κ2) is 4.80. The fourth-order valence-corrected chi connectivity index (χ4v) is 2.54. The van der Waals surface area contributed by atoms with E-state index in [9.17, 15) is 9.90 Å². The molecule has 1 aliphatic rings. The Labute approximate surface area is 111 Å². The quantitative estimate of drug-likeness (QED) is 0.917. The molecule has 1 N–H and O–H groups in total. The molecular formula is C15H15NO3. The van der Waals surface area contributed by atoms with E-state index in [2.05, 4.69) is 4.90 Å². The lowest BCUT2D eigenvalue weighted by molar-refractivity contribution is 0.0697. The number of benzene rings is 1. The Morgan fingerprint density at radius 3 is 2.63 bits per heavy atom. The highest BCUT2D eigenvalue weighted by atomic mass is 16.4. The summed E-state index contributed by atoms with van der Waals surface area (Å²) in [6.07, 6.45) is 3.84. The number of hydrogen-bond donors (Lipinski definition) is 1. The van der Waals surface area contributed by atoms with Gasteiger partial charge in [-0.15, -0.1) is 0 Å². The first kappa shape index (κ1) is 11.8. The first-order valence-corrected chi connectivity index (χ1v) is 6.42. The molecule has 4 heteroatoms. The van der Waals surface area contributed by atoms with Crippen LogP contribution in [-0.4, -0.2) is 24.2 Å². The number of carboxylic acids is 1. The summed E-state index contributed by atoms with van der Waals surface area (Å²) in [5.41, 5.74) is 1.95. The maximum atomic E-state index is 11.4. The Balaban J connectivity index is 2.04. The van der Waals surface area contributed by atoms with E-state index in [4.69, 9.17) is 4.42 Å². The normalized spacial score (nSPS) is 14.8. The highest BCUT2D eigenvalue weighted by Gasteiger charge is 2.20. The van der Waals surface area contributed by atoms with Crippen LogP contribution < -0.4 is 4.90 Å². The zero-order valence-electron chi connectivity index (χ0n) is 10.5. The van der Waals surface area contributed by atoms with Gasteiger partial charge in [0.15, 0.2) is 0 Å². The largest absolute Gasteiger partial charge is 0.478 e. The van der Waals surface area contributed by atoms with Crippen molar-refractivity contribution in [3.05, 3.63) is 42.2 Å². The highest BCUT2D eigenvalue weighted by Crippen LogP contribution is 2.29. The lowest BCUT2D eigenvalue weighted by atomic mass is 10.1. The van der Waals surface area contributed by atoms with Gasteiger partial charge >= 0.3 is 5.97 Å². The summed E-state index contributed by atoms with van der Waals surface area (Å²) in [5, 5.41) is 9.39. The van der Waals surface area contributed by atoms with Crippen molar-refractivity contribution in [2.45, 2.75) is 12.8 Å². The van der Waals surface area contributed by atoms with Gasteiger partial charge < -0.3 is 14.4 Å². The molecule has 2 aromatic rings. The second-order valence-electron chi connectivity index (χ2n) is 4.71. The number of rotatable bonds is 3. The Kier molecular flexibility index (Phi) is 2.99. The number of carbonyl (C=O) groups is 1. The van der Waals surface area contributed by atoms with Crippen LogP contribution in [0, 0.1) is 0 Å². The molecule has 1 aromatic heterocycles. The van der Waals surface area contributed by atoms with Gasteiger partial charge in [0.2, 0.25) is 0 Å². The SMILES string of the molecule is O=C(O)c1cc(-c2ccco2)ccc1N1CCCC1. The molecule has 1 aromatic carbocycles. The van der Waals surface area contributed by atoms with Crippen LogP contribution in [-0.2, 0) is 0 Å². The highest BCUT2D eigenvalue weighted by molar-refractivity contribution is 5.96. The van der Waals surface area contributed by atoms with Crippen molar-refractivity contribution in [2.75, 3.05) is 18.0 Å². The van der Waals surface area contributed by atoms with Crippen LogP contribution in [0.5, 0.6) is 0 Å². The summed E-state index contributed by atoms with van der Waals surface area (Å²) < 4.78 is 5.31. The topological polar surface area (TPSA) is 53.7 Å². The molecular weight excluding hydrogens is 242 g/mol. The molecule has 0 amide bonds. The third-order valence-corrected chi connectivity index (χ3v) is 3.48. The monoisotopic (exact) mass is 257 g/mol. The molecule has 1 aliphatic heterocycles. The van der Waals surface area contributed by atoms with Crippen molar-refractivity contribution in [2.24, 2.45) is 0 Å². The minimum atomic E-state index is -0.893. The van der Waals surface area contributed by atoms with Gasteiger partial charge in [0, 0.05) is 18.7 Å². The average molecular weight is 257 g/mol. The molecule has 0 bridgehead atoms. The minimum absolute atomic E-state index is 0.343. The third kappa shape index (κ3) is 2.21. The molecule has 0 radical (unpaired) electrons. The van der Waals surface area contributed by atoms with Crippen LogP contribution in [0.2, 0.25) is 0 Å². The Morgan fingerprint density at radius 1 is 1.21 bits per heavy atom. The van der Waals surface area contributed by atoms with Gasteiger partial charge in [-0.3, -0.25) is 0 Å². The van der Waals surface area contributed by atoms with E-state index in [1.807, 2.05) is 18.2 Å². The third-order valence-electron chi connectivity index (χ3n) is 3.48. The van der Waals surface area contributed by atoms with Gasteiger partial charge in [-0.25, -0.2) is 4.79 Å². The molecule has 19 heavy (non-hydrogen) atoms. The number of nitrogens with zero attached hydrogens (tertiary/aromatic N) is 1. The van der Waals surface area contributed by atoms with Crippen LogP contribution in [0.4, 0.5) is 5.69 Å². The summed E-state index contributed by atoms with van der Waals surface area (Å²) in [6.45, 7) is 1.86. The first-order chi connectivity index (χ1) is 9.25. The van der Waals surface area contributed by atoms with Crippen LogP contribution in [0.3, 0.4) is 0 Å². The number of furan rings is 1. The predicted molar refractivity (Wildman–Crippen MR) is 72.6 cm³/mol. The van der Waals surface area contributed by atoms with Crippen LogP contribution in [0.25, 0.3) is 11.3 Å². The number of hydrogen-bond acceptors (Lipinski definition) is 3. The number of anilines is 1. The molecule has 3 rings (SSSR count). The average Bonchev–Trinajstić information content (AvgIpc) is 3.11. The fraction of sp³-hybridized carbons (Fsp3) is 0.267. The van der Waals surface area contributed by atoms with E-state index < -0.39 is 5.97 Å². The predicted octanol–water partition coefficient (Wildman–Crippen LogP) is 3.25. The molecule has 1 fully saturated rings. The van der Waals surface area contributed by atoms with Gasteiger partial charge in [-0.1, -0.05) is 0 Å². The van der Waals surface area contributed by atoms with E-state index in [0.29, 0.717) is 11.3 Å². The maximum absolute atomic E-state index is 11.4. The Bertz CT molecular complexity index is 583. The van der Waals surface area contributed by atoms with E-state index in [0.717, 1.165) is 37.2 Å². The smallest absolute Gasteiger partial charge is 0.337 e. The standard InChI is InChI=1S/C15H15NO3/c17-15(18)12-10-11(14-4-3-9-19-14)5-6-13(12)16-7-1-2-8-16/h3-6,9-10H,1-2,7-8H2,(H,17,18). The van der Waals surface area contributed by atoms with Gasteiger partial charge in [-0.2, -0.15) is 0 Å². The summed E-state index contributed by atoms with van der Waals surface area (Å²) in [6, 6.07) is 9.11. The van der Waals surface area contributed by atoms with E-state index in [1.54, 1.807) is 18.4 Å². The van der Waals surface area contributed by atoms with Crippen LogP contribution >= 0.6 is 0 Å². The Morgan fingerprint density at radius 2 is 2.00 bits per heavy atom. The Hall–Kier alpha value is -2.23. The van der Waals surface area contributed by atoms with E-state index >= 15 is 0 Å². The molecule has 0 unspecified atom stereocenters. The number of aromatic carboxylic acids is 1. The van der Waals surface area contributed by atoms with Crippen molar-refractivity contribution >= 4 is 11.7 Å². The van der Waals surface area contributed by atoms with Crippen LogP contribution in [0.1, 0.15) is 23.2 Å². The summed E-state index contributed by atoms with van der Waals surface area (Å²) in [5.74, 6) is -0.203. The van der Waals surface area contributed by atoms with Crippen LogP contribution in [0.15, 0.2) is 41.0 Å². The first-order valence-electron chi connectivity index (χ1n) is 6.42. The zero-order chi connectivity index (χ0) is 13.2. The fourth-order valence-electron chi connectivity index (χ4n) is 2.54. The molecule has 0 aliphatic carbocycles. The molecule has 98 valence electrons. The van der Waals surface area contributed by atoms with Gasteiger partial charge in [0.05, 0.1) is 17.5 Å². The van der Waals surface area contributed by atoms with Crippen molar-refractivity contribution in [1.29, 1.82) is 0 Å². The second-order valence-corrected chi connectivity index (χ2v) is 4.71. The minimum Gasteiger partial charge on any atom is -0.478 e. The van der Waals surface area contributed by atoms with Crippen molar-refractivity contribution in [3.63, 3.8) is 0 Å². The summed E-state index contributed by atoms with van der Waals surface area (Å²) >= 11 is 0. The summed E-state index contributed by atoms with van der Waals surface area (Å²) in [4.78, 5) is 13.6. The molecule has 0 saturated carbocycles. The number of carboxylic acid groups (broad SMARTS) is 1. The lowest BCUT2D eigenvalue weighted by Gasteiger charge is -2.20. The van der Waals surface area contributed by atoms with Gasteiger partial charge in [0.1, 0.15) is 5.76 Å². The molecule has 1 saturated heterocycles. The van der Waals surface area contributed by atoms with Gasteiger partial charge in [0.25, 0.3) is 0 Å². The van der Waals surface area contributed by atoms with E-state index in [-0.39, 0.29) is 0 Å². The molecule has 2 heterocycles. The maximum Gasteiger partial charge on any atom is 0.337 e. The molecule has 0 atom stereocenters. The van der Waals surface area contributed by atoms with Crippen molar-refractivity contribution in [3.8, 4) is 11.3 Å². The molecule has 4 nitrogen and oxygen atoms in total. The van der Waals surface area contributed by atoms with Crippen molar-refractivity contribution in [1.82, 2.24) is 0 Å². The zero-order valence-corrected chi connectivity index (χ0v) is 10.5. The summed E-state index contributed by atoms with van der Waals surface area (Å²) in [7, 11) is 0. The molecule has 0 spiro atoms. The lowest BCUT2D eigenvalue weighted by Crippen LogP contribution is -2.20. The van der Waals surface area contributed by atoms with Gasteiger partial charge in [-0.05, 0) is 43.2 Å². The van der Waals surface area contributed by atoms with Crippen molar-refractivity contribution < 1.29 is 14.3 Å².